The third-order valence-electron chi connectivity index (χ3n) is 2.58. The van der Waals surface area contributed by atoms with Crippen LogP contribution >= 0.6 is 0 Å². The molecule has 2 rings (SSSR count). The Kier molecular flexibility index (Phi) is 2.91. The summed E-state index contributed by atoms with van der Waals surface area (Å²) in [5.41, 5.74) is 2.87. The summed E-state index contributed by atoms with van der Waals surface area (Å²) in [6.07, 6.45) is 3.63. The minimum atomic E-state index is -0.342. The van der Waals surface area contributed by atoms with Crippen molar-refractivity contribution in [3.05, 3.63) is 53.3 Å². The molecule has 1 aromatic rings. The zero-order chi connectivity index (χ0) is 11.5. The van der Waals surface area contributed by atoms with Gasteiger partial charge in [0.25, 0.3) is 0 Å². The number of ether oxygens (including phenoxy) is 1. The first-order chi connectivity index (χ1) is 7.66. The van der Waals surface area contributed by atoms with E-state index in [0.29, 0.717) is 5.57 Å². The van der Waals surface area contributed by atoms with Crippen molar-refractivity contribution in [2.24, 2.45) is 0 Å². The van der Waals surface area contributed by atoms with Gasteiger partial charge < -0.3 is 4.74 Å². The largest absolute Gasteiger partial charge is 0.428 e. The van der Waals surface area contributed by atoms with E-state index in [1.54, 1.807) is 6.92 Å². The first kappa shape index (κ1) is 10.7. The molecule has 16 heavy (non-hydrogen) atoms. The Morgan fingerprint density at radius 3 is 2.81 bits per heavy atom. The van der Waals surface area contributed by atoms with E-state index in [0.717, 1.165) is 24.2 Å². The number of carbonyl (C=O) groups is 1. The number of aryl methyl sites for hydroxylation is 1. The van der Waals surface area contributed by atoms with Gasteiger partial charge in [0.05, 0.1) is 0 Å². The van der Waals surface area contributed by atoms with Crippen LogP contribution in [-0.2, 0) is 16.0 Å². The molecule has 2 nitrogen and oxygen atoms in total. The Hall–Kier alpha value is -1.83. The maximum absolute atomic E-state index is 11.4. The predicted molar refractivity (Wildman–Crippen MR) is 63.6 cm³/mol. The molecule has 0 aliphatic heterocycles. The van der Waals surface area contributed by atoms with Crippen molar-refractivity contribution in [3.8, 4) is 0 Å². The monoisotopic (exact) mass is 214 g/mol. The third-order valence-corrected chi connectivity index (χ3v) is 2.58. The lowest BCUT2D eigenvalue weighted by molar-refractivity contribution is -0.135. The molecule has 0 unspecified atom stereocenters. The average Bonchev–Trinajstić information content (AvgIpc) is 2.28. The maximum atomic E-state index is 11.4. The van der Waals surface area contributed by atoms with Crippen molar-refractivity contribution in [3.63, 3.8) is 0 Å². The highest BCUT2D eigenvalue weighted by Gasteiger charge is 2.13. The lowest BCUT2D eigenvalue weighted by atomic mass is 9.96. The topological polar surface area (TPSA) is 26.3 Å². The summed E-state index contributed by atoms with van der Waals surface area (Å²) in [5.74, 6) is 0.386. The second-order valence-corrected chi connectivity index (χ2v) is 3.98. The Morgan fingerprint density at radius 1 is 1.31 bits per heavy atom. The molecule has 0 amide bonds. The number of hydrogen-bond acceptors (Lipinski definition) is 2. The lowest BCUT2D eigenvalue weighted by Crippen LogP contribution is -2.08. The summed E-state index contributed by atoms with van der Waals surface area (Å²) in [4.78, 5) is 11.4. The molecule has 0 spiro atoms. The van der Waals surface area contributed by atoms with Gasteiger partial charge in [-0.15, -0.1) is 0 Å². The van der Waals surface area contributed by atoms with E-state index < -0.39 is 0 Å². The SMILES string of the molecule is C=C(C)C(=O)OC1=Cc2ccccc2CC1. The fraction of sp³-hybridized carbons (Fsp3) is 0.214. The van der Waals surface area contributed by atoms with Gasteiger partial charge in [0.2, 0.25) is 0 Å². The molecule has 0 heterocycles. The smallest absolute Gasteiger partial charge is 0.338 e. The second kappa shape index (κ2) is 4.35. The van der Waals surface area contributed by atoms with Crippen LogP contribution in [0.15, 0.2) is 42.2 Å². The molecular weight excluding hydrogens is 200 g/mol. The van der Waals surface area contributed by atoms with Crippen LogP contribution < -0.4 is 0 Å². The van der Waals surface area contributed by atoms with Crippen LogP contribution in [-0.4, -0.2) is 5.97 Å². The highest BCUT2D eigenvalue weighted by molar-refractivity contribution is 5.88. The summed E-state index contributed by atoms with van der Waals surface area (Å²) in [5, 5.41) is 0. The van der Waals surface area contributed by atoms with Crippen LogP contribution in [0.2, 0.25) is 0 Å². The molecule has 2 heteroatoms. The van der Waals surface area contributed by atoms with E-state index in [4.69, 9.17) is 4.74 Å². The van der Waals surface area contributed by atoms with Crippen LogP contribution in [0, 0.1) is 0 Å². The van der Waals surface area contributed by atoms with Crippen molar-refractivity contribution in [1.82, 2.24) is 0 Å². The van der Waals surface area contributed by atoms with Crippen molar-refractivity contribution in [2.45, 2.75) is 19.8 Å². The Labute approximate surface area is 95.2 Å². The van der Waals surface area contributed by atoms with Crippen LogP contribution in [0.4, 0.5) is 0 Å². The number of esters is 1. The molecule has 1 aliphatic carbocycles. The van der Waals surface area contributed by atoms with Gasteiger partial charge in [0.15, 0.2) is 0 Å². The summed E-state index contributed by atoms with van der Waals surface area (Å²) in [6.45, 7) is 5.22. The number of carbonyl (C=O) groups excluding carboxylic acids is 1. The van der Waals surface area contributed by atoms with E-state index in [-0.39, 0.29) is 5.97 Å². The Morgan fingerprint density at radius 2 is 2.06 bits per heavy atom. The van der Waals surface area contributed by atoms with Crippen molar-refractivity contribution < 1.29 is 9.53 Å². The number of rotatable bonds is 2. The molecule has 0 atom stereocenters. The molecular formula is C14H14O2. The number of fused-ring (bicyclic) bond motifs is 1. The van der Waals surface area contributed by atoms with Gasteiger partial charge >= 0.3 is 5.97 Å². The van der Waals surface area contributed by atoms with Crippen molar-refractivity contribution in [1.29, 1.82) is 0 Å². The number of allylic oxidation sites excluding steroid dienone is 1. The average molecular weight is 214 g/mol. The molecule has 82 valence electrons. The van der Waals surface area contributed by atoms with E-state index in [1.165, 1.54) is 5.56 Å². The van der Waals surface area contributed by atoms with Crippen LogP contribution in [0.25, 0.3) is 6.08 Å². The third kappa shape index (κ3) is 2.22. The fourth-order valence-corrected chi connectivity index (χ4v) is 1.69. The minimum absolute atomic E-state index is 0.342. The predicted octanol–water partition coefficient (Wildman–Crippen LogP) is 3.09. The number of benzene rings is 1. The van der Waals surface area contributed by atoms with E-state index in [1.807, 2.05) is 24.3 Å². The summed E-state index contributed by atoms with van der Waals surface area (Å²) in [7, 11) is 0. The van der Waals surface area contributed by atoms with Gasteiger partial charge in [-0.25, -0.2) is 4.79 Å². The van der Waals surface area contributed by atoms with Gasteiger partial charge in [-0.1, -0.05) is 30.8 Å². The van der Waals surface area contributed by atoms with Gasteiger partial charge in [0, 0.05) is 12.0 Å². The molecule has 1 aliphatic rings. The highest BCUT2D eigenvalue weighted by Crippen LogP contribution is 2.24. The zero-order valence-corrected chi connectivity index (χ0v) is 9.32. The van der Waals surface area contributed by atoms with Gasteiger partial charge in [-0.2, -0.15) is 0 Å². The molecule has 0 radical (unpaired) electrons. The molecule has 1 aromatic carbocycles. The van der Waals surface area contributed by atoms with E-state index in [2.05, 4.69) is 12.6 Å². The summed E-state index contributed by atoms with van der Waals surface area (Å²) < 4.78 is 5.23. The summed E-state index contributed by atoms with van der Waals surface area (Å²) in [6, 6.07) is 8.14. The minimum Gasteiger partial charge on any atom is -0.428 e. The Balaban J connectivity index is 2.18. The molecule has 0 fully saturated rings. The quantitative estimate of drug-likeness (QED) is 0.558. The zero-order valence-electron chi connectivity index (χ0n) is 9.32. The standard InChI is InChI=1S/C14H14O2/c1-10(2)14(15)16-13-8-7-11-5-3-4-6-12(11)9-13/h3-6,9H,1,7-8H2,2H3. The molecule has 0 bridgehead atoms. The van der Waals surface area contributed by atoms with E-state index in [9.17, 15) is 4.79 Å². The van der Waals surface area contributed by atoms with Gasteiger partial charge in [-0.05, 0) is 30.5 Å². The molecule has 0 saturated heterocycles. The molecule has 0 saturated carbocycles. The van der Waals surface area contributed by atoms with Crippen LogP contribution in [0.3, 0.4) is 0 Å². The normalized spacial score (nSPS) is 13.7. The van der Waals surface area contributed by atoms with Crippen LogP contribution in [0.5, 0.6) is 0 Å². The fourth-order valence-electron chi connectivity index (χ4n) is 1.69. The lowest BCUT2D eigenvalue weighted by Gasteiger charge is -2.15. The summed E-state index contributed by atoms with van der Waals surface area (Å²) >= 11 is 0. The Bertz CT molecular complexity index is 469. The second-order valence-electron chi connectivity index (χ2n) is 3.98. The first-order valence-corrected chi connectivity index (χ1v) is 5.33. The first-order valence-electron chi connectivity index (χ1n) is 5.33. The van der Waals surface area contributed by atoms with Crippen molar-refractivity contribution in [2.75, 3.05) is 0 Å². The van der Waals surface area contributed by atoms with Gasteiger partial charge in [0.1, 0.15) is 5.76 Å². The van der Waals surface area contributed by atoms with Crippen LogP contribution in [0.1, 0.15) is 24.5 Å². The van der Waals surface area contributed by atoms with Crippen molar-refractivity contribution >= 4 is 12.0 Å². The number of hydrogen-bond donors (Lipinski definition) is 0. The molecule has 0 N–H and O–H groups in total. The maximum Gasteiger partial charge on any atom is 0.338 e. The van der Waals surface area contributed by atoms with Gasteiger partial charge in [-0.3, -0.25) is 0 Å². The highest BCUT2D eigenvalue weighted by atomic mass is 16.5. The molecule has 0 aromatic heterocycles. The van der Waals surface area contributed by atoms with E-state index >= 15 is 0 Å².